The molecule has 1 fully saturated rings. The molecular formula is C21H21F3N6. The molecule has 0 aliphatic carbocycles. The topological polar surface area (TPSA) is 69.8 Å². The highest BCUT2D eigenvalue weighted by molar-refractivity contribution is 5.80. The number of halogens is 3. The molecule has 0 amide bonds. The summed E-state index contributed by atoms with van der Waals surface area (Å²) >= 11 is 0. The second-order valence-electron chi connectivity index (χ2n) is 7.42. The molecule has 156 valence electrons. The molecule has 1 N–H and O–H groups in total. The van der Waals surface area contributed by atoms with Crippen molar-refractivity contribution in [1.29, 1.82) is 5.26 Å². The number of anilines is 1. The molecule has 6 nitrogen and oxygen atoms in total. The van der Waals surface area contributed by atoms with Gasteiger partial charge in [-0.05, 0) is 50.2 Å². The van der Waals surface area contributed by atoms with Gasteiger partial charge in [-0.25, -0.2) is 4.98 Å². The summed E-state index contributed by atoms with van der Waals surface area (Å²) in [6.45, 7) is 1.87. The minimum absolute atomic E-state index is 0.297. The molecule has 30 heavy (non-hydrogen) atoms. The fraction of sp³-hybridized carbons (Fsp3) is 0.381. The van der Waals surface area contributed by atoms with E-state index in [1.807, 2.05) is 17.7 Å². The highest BCUT2D eigenvalue weighted by atomic mass is 19.4. The quantitative estimate of drug-likeness (QED) is 0.707. The van der Waals surface area contributed by atoms with Gasteiger partial charge in [-0.15, -0.1) is 0 Å². The van der Waals surface area contributed by atoms with Crippen LogP contribution < -0.4 is 10.2 Å². The van der Waals surface area contributed by atoms with Crippen molar-refractivity contribution in [3.8, 4) is 6.07 Å². The number of nitriles is 1. The summed E-state index contributed by atoms with van der Waals surface area (Å²) in [5.74, 6) is 0.635. The molecule has 0 radical (unpaired) electrons. The third-order valence-corrected chi connectivity index (χ3v) is 5.44. The highest BCUT2D eigenvalue weighted by Gasteiger charge is 2.32. The van der Waals surface area contributed by atoms with E-state index in [0.29, 0.717) is 40.8 Å². The number of piperidine rings is 1. The van der Waals surface area contributed by atoms with E-state index in [1.54, 1.807) is 12.1 Å². The minimum Gasteiger partial charge on any atom is -0.341 e. The first-order chi connectivity index (χ1) is 14.4. The van der Waals surface area contributed by atoms with Crippen LogP contribution in [0.4, 0.5) is 19.1 Å². The molecule has 0 spiro atoms. The predicted molar refractivity (Wildman–Crippen MR) is 107 cm³/mol. The number of fused-ring (bicyclic) bond motifs is 1. The summed E-state index contributed by atoms with van der Waals surface area (Å²) in [5, 5.41) is 12.2. The average molecular weight is 414 g/mol. The van der Waals surface area contributed by atoms with Gasteiger partial charge in [-0.1, -0.05) is 0 Å². The van der Waals surface area contributed by atoms with Crippen molar-refractivity contribution >= 4 is 17.0 Å². The fourth-order valence-corrected chi connectivity index (χ4v) is 3.83. The molecule has 1 aliphatic heterocycles. The lowest BCUT2D eigenvalue weighted by molar-refractivity contribution is -0.137. The van der Waals surface area contributed by atoms with Gasteiger partial charge < -0.3 is 14.8 Å². The van der Waals surface area contributed by atoms with E-state index >= 15 is 0 Å². The van der Waals surface area contributed by atoms with Crippen molar-refractivity contribution in [2.75, 3.05) is 25.0 Å². The van der Waals surface area contributed by atoms with E-state index in [9.17, 15) is 13.2 Å². The number of benzene rings is 1. The Bertz CT molecular complexity index is 1080. The van der Waals surface area contributed by atoms with Crippen LogP contribution in [-0.4, -0.2) is 40.7 Å². The zero-order chi connectivity index (χ0) is 21.3. The summed E-state index contributed by atoms with van der Waals surface area (Å²) < 4.78 is 41.5. The minimum atomic E-state index is -4.42. The van der Waals surface area contributed by atoms with Crippen molar-refractivity contribution < 1.29 is 13.2 Å². The molecule has 4 rings (SSSR count). The lowest BCUT2D eigenvalue weighted by Gasteiger charge is -2.33. The molecule has 0 saturated carbocycles. The zero-order valence-electron chi connectivity index (χ0n) is 16.4. The van der Waals surface area contributed by atoms with Crippen LogP contribution in [0, 0.1) is 11.3 Å². The Morgan fingerprint density at radius 2 is 2.10 bits per heavy atom. The predicted octanol–water partition coefficient (Wildman–Crippen LogP) is 3.56. The van der Waals surface area contributed by atoms with Crippen molar-refractivity contribution in [3.63, 3.8) is 0 Å². The molecule has 1 aromatic carbocycles. The second kappa shape index (κ2) is 7.95. The molecule has 3 aromatic rings. The van der Waals surface area contributed by atoms with E-state index in [4.69, 9.17) is 5.26 Å². The maximum Gasteiger partial charge on any atom is 0.416 e. The van der Waals surface area contributed by atoms with Crippen LogP contribution in [0.3, 0.4) is 0 Å². The monoisotopic (exact) mass is 414 g/mol. The Morgan fingerprint density at radius 1 is 1.27 bits per heavy atom. The molecular weight excluding hydrogens is 393 g/mol. The van der Waals surface area contributed by atoms with Gasteiger partial charge in [0.15, 0.2) is 0 Å². The van der Waals surface area contributed by atoms with E-state index in [2.05, 4.69) is 20.2 Å². The van der Waals surface area contributed by atoms with Crippen molar-refractivity contribution in [2.24, 2.45) is 0 Å². The number of nitrogens with zero attached hydrogens (tertiary/aromatic N) is 5. The fourth-order valence-electron chi connectivity index (χ4n) is 3.83. The first-order valence-electron chi connectivity index (χ1n) is 9.74. The van der Waals surface area contributed by atoms with Gasteiger partial charge in [0.05, 0.1) is 34.4 Å². The molecule has 3 heterocycles. The normalized spacial score (nSPS) is 17.3. The van der Waals surface area contributed by atoms with Gasteiger partial charge in [-0.2, -0.15) is 18.4 Å². The third-order valence-electron chi connectivity index (χ3n) is 5.44. The number of aromatic nitrogens is 3. The number of alkyl halides is 3. The second-order valence-corrected chi connectivity index (χ2v) is 7.42. The Morgan fingerprint density at radius 3 is 2.77 bits per heavy atom. The molecule has 1 atom stereocenters. The van der Waals surface area contributed by atoms with Gasteiger partial charge in [0.25, 0.3) is 0 Å². The van der Waals surface area contributed by atoms with Crippen LogP contribution in [0.15, 0.2) is 36.5 Å². The van der Waals surface area contributed by atoms with Crippen LogP contribution in [-0.2, 0) is 12.7 Å². The zero-order valence-corrected chi connectivity index (χ0v) is 16.4. The lowest BCUT2D eigenvalue weighted by Crippen LogP contribution is -2.45. The van der Waals surface area contributed by atoms with Crippen LogP contribution in [0.1, 0.15) is 29.7 Å². The number of imidazole rings is 1. The van der Waals surface area contributed by atoms with Gasteiger partial charge >= 0.3 is 6.18 Å². The van der Waals surface area contributed by atoms with Gasteiger partial charge in [0, 0.05) is 25.3 Å². The van der Waals surface area contributed by atoms with E-state index in [0.717, 1.165) is 38.1 Å². The SMILES string of the molecule is CN[C@H]1CCCN(c2nc3cc(C(F)(F)F)ccc3n2Cc2ccc(C#N)cn2)C1. The largest absolute Gasteiger partial charge is 0.416 e. The Kier molecular flexibility index (Phi) is 5.35. The van der Waals surface area contributed by atoms with Gasteiger partial charge in [0.1, 0.15) is 6.07 Å². The number of pyridine rings is 1. The summed E-state index contributed by atoms with van der Waals surface area (Å²) in [4.78, 5) is 11.0. The number of likely N-dealkylation sites (N-methyl/N-ethyl adjacent to an activating group) is 1. The Hall–Kier alpha value is -3.12. The van der Waals surface area contributed by atoms with Crippen molar-refractivity contribution in [1.82, 2.24) is 19.9 Å². The van der Waals surface area contributed by atoms with Crippen molar-refractivity contribution in [2.45, 2.75) is 31.6 Å². The number of hydrogen-bond donors (Lipinski definition) is 1. The van der Waals surface area contributed by atoms with Gasteiger partial charge in [-0.3, -0.25) is 4.98 Å². The molecule has 1 aliphatic rings. The Labute approximate surface area is 172 Å². The molecule has 2 aromatic heterocycles. The first-order valence-corrected chi connectivity index (χ1v) is 9.74. The Balaban J connectivity index is 1.78. The van der Waals surface area contributed by atoms with E-state index < -0.39 is 11.7 Å². The third kappa shape index (κ3) is 3.96. The smallest absolute Gasteiger partial charge is 0.341 e. The summed E-state index contributed by atoms with van der Waals surface area (Å²) in [6.07, 6.45) is -0.913. The molecule has 0 unspecified atom stereocenters. The maximum absolute atomic E-state index is 13.2. The van der Waals surface area contributed by atoms with Crippen LogP contribution in [0.5, 0.6) is 0 Å². The summed E-state index contributed by atoms with van der Waals surface area (Å²) in [5.41, 5.74) is 1.37. The number of rotatable bonds is 4. The van der Waals surface area contributed by atoms with Gasteiger partial charge in [0.2, 0.25) is 5.95 Å². The van der Waals surface area contributed by atoms with E-state index in [-0.39, 0.29) is 0 Å². The summed E-state index contributed by atoms with van der Waals surface area (Å²) in [7, 11) is 1.91. The highest BCUT2D eigenvalue weighted by Crippen LogP contribution is 2.33. The lowest BCUT2D eigenvalue weighted by atomic mass is 10.1. The number of nitrogens with one attached hydrogen (secondary N) is 1. The average Bonchev–Trinajstić information content (AvgIpc) is 3.11. The molecule has 0 bridgehead atoms. The molecule has 1 saturated heterocycles. The van der Waals surface area contributed by atoms with Crippen LogP contribution in [0.2, 0.25) is 0 Å². The maximum atomic E-state index is 13.2. The van der Waals surface area contributed by atoms with Crippen LogP contribution in [0.25, 0.3) is 11.0 Å². The number of hydrogen-bond acceptors (Lipinski definition) is 5. The van der Waals surface area contributed by atoms with E-state index in [1.165, 1.54) is 12.3 Å². The first kappa shape index (κ1) is 20.2. The van der Waals surface area contributed by atoms with Crippen molar-refractivity contribution in [3.05, 3.63) is 53.3 Å². The summed E-state index contributed by atoms with van der Waals surface area (Å²) in [6, 6.07) is 9.42. The molecule has 9 heteroatoms. The van der Waals surface area contributed by atoms with Crippen LogP contribution >= 0.6 is 0 Å². The standard InChI is InChI=1S/C21H21F3N6/c1-26-16-3-2-8-29(12-16)20-28-18-9-15(21(22,23)24)5-7-19(18)30(20)13-17-6-4-14(10-25)11-27-17/h4-7,9,11,16,26H,2-3,8,12-13H2,1H3/t16-/m0/s1.